The monoisotopic (exact) mass is 226 g/mol. The summed E-state index contributed by atoms with van der Waals surface area (Å²) >= 11 is 0. The van der Waals surface area contributed by atoms with Gasteiger partial charge in [0.2, 0.25) is 0 Å². The van der Waals surface area contributed by atoms with Crippen molar-refractivity contribution in [2.24, 2.45) is 0 Å². The summed E-state index contributed by atoms with van der Waals surface area (Å²) in [7, 11) is 0. The summed E-state index contributed by atoms with van der Waals surface area (Å²) in [5.74, 6) is 0.833. The van der Waals surface area contributed by atoms with Gasteiger partial charge in [-0.15, -0.1) is 0 Å². The molecule has 88 valence electrons. The third-order valence-corrected chi connectivity index (χ3v) is 2.87. The lowest BCUT2D eigenvalue weighted by atomic mass is 10.0. The Kier molecular flexibility index (Phi) is 4.25. The molecule has 2 nitrogen and oxygen atoms in total. The first-order valence-electron chi connectivity index (χ1n) is 6.27. The lowest BCUT2D eigenvalue weighted by molar-refractivity contribution is 0.718. The highest BCUT2D eigenvalue weighted by Crippen LogP contribution is 2.21. The number of hydrogen-bond acceptors (Lipinski definition) is 2. The van der Waals surface area contributed by atoms with E-state index >= 15 is 0 Å². The minimum Gasteiger partial charge on any atom is -0.237 e. The smallest absolute Gasteiger partial charge is 0.159 e. The highest BCUT2D eigenvalue weighted by Gasteiger charge is 2.05. The number of aromatic nitrogens is 2. The Morgan fingerprint density at radius 3 is 2.47 bits per heavy atom. The molecule has 0 bridgehead atoms. The van der Waals surface area contributed by atoms with Crippen molar-refractivity contribution in [2.75, 3.05) is 0 Å². The summed E-state index contributed by atoms with van der Waals surface area (Å²) in [6.45, 7) is 2.23. The van der Waals surface area contributed by atoms with Crippen LogP contribution in [0.5, 0.6) is 0 Å². The Hall–Kier alpha value is -1.70. The molecule has 17 heavy (non-hydrogen) atoms. The van der Waals surface area contributed by atoms with Crippen LogP contribution in [-0.4, -0.2) is 9.97 Å². The number of aryl methyl sites for hydroxylation is 1. The maximum absolute atomic E-state index is 4.33. The molecule has 2 rings (SSSR count). The van der Waals surface area contributed by atoms with Gasteiger partial charge in [0, 0.05) is 18.0 Å². The third kappa shape index (κ3) is 3.13. The SMILES string of the molecule is CCCCCc1ccccc1-c1ncccn1. The van der Waals surface area contributed by atoms with Crippen LogP contribution in [0.3, 0.4) is 0 Å². The largest absolute Gasteiger partial charge is 0.237 e. The molecule has 0 unspecified atom stereocenters. The molecular formula is C15H18N2. The highest BCUT2D eigenvalue weighted by molar-refractivity contribution is 5.59. The molecule has 0 saturated heterocycles. The van der Waals surface area contributed by atoms with Crippen LogP contribution >= 0.6 is 0 Å². The minimum absolute atomic E-state index is 0.833. The first-order chi connectivity index (χ1) is 8.42. The van der Waals surface area contributed by atoms with Crippen molar-refractivity contribution in [1.82, 2.24) is 9.97 Å². The molecule has 1 aromatic heterocycles. The van der Waals surface area contributed by atoms with E-state index in [1.165, 1.54) is 30.4 Å². The van der Waals surface area contributed by atoms with Gasteiger partial charge < -0.3 is 0 Å². The van der Waals surface area contributed by atoms with Gasteiger partial charge in [-0.25, -0.2) is 9.97 Å². The maximum Gasteiger partial charge on any atom is 0.159 e. The van der Waals surface area contributed by atoms with E-state index < -0.39 is 0 Å². The molecule has 0 spiro atoms. The third-order valence-electron chi connectivity index (χ3n) is 2.87. The van der Waals surface area contributed by atoms with Crippen molar-refractivity contribution in [3.05, 3.63) is 48.3 Å². The Morgan fingerprint density at radius 1 is 0.941 bits per heavy atom. The van der Waals surface area contributed by atoms with Crippen molar-refractivity contribution >= 4 is 0 Å². The summed E-state index contributed by atoms with van der Waals surface area (Å²) in [5, 5.41) is 0. The minimum atomic E-state index is 0.833. The summed E-state index contributed by atoms with van der Waals surface area (Å²) in [4.78, 5) is 8.65. The molecule has 0 aliphatic carbocycles. The van der Waals surface area contributed by atoms with Crippen molar-refractivity contribution < 1.29 is 0 Å². The molecule has 0 amide bonds. The Morgan fingerprint density at radius 2 is 1.71 bits per heavy atom. The zero-order valence-electron chi connectivity index (χ0n) is 10.3. The predicted molar refractivity (Wildman–Crippen MR) is 70.7 cm³/mol. The van der Waals surface area contributed by atoms with E-state index in [2.05, 4.69) is 41.2 Å². The van der Waals surface area contributed by atoms with Crippen molar-refractivity contribution in [3.63, 3.8) is 0 Å². The van der Waals surface area contributed by atoms with Crippen molar-refractivity contribution in [1.29, 1.82) is 0 Å². The lowest BCUT2D eigenvalue weighted by Crippen LogP contribution is -1.94. The first kappa shape index (κ1) is 11.8. The van der Waals surface area contributed by atoms with Gasteiger partial charge in [0.1, 0.15) is 0 Å². The zero-order chi connectivity index (χ0) is 11.9. The topological polar surface area (TPSA) is 25.8 Å². The highest BCUT2D eigenvalue weighted by atomic mass is 14.8. The van der Waals surface area contributed by atoms with Crippen LogP contribution in [0, 0.1) is 0 Å². The number of hydrogen-bond donors (Lipinski definition) is 0. The predicted octanol–water partition coefficient (Wildman–Crippen LogP) is 3.88. The molecule has 0 saturated carbocycles. The summed E-state index contributed by atoms with van der Waals surface area (Å²) in [6.07, 6.45) is 8.48. The van der Waals surface area contributed by atoms with E-state index in [1.807, 2.05) is 6.07 Å². The fourth-order valence-electron chi connectivity index (χ4n) is 1.96. The molecule has 1 aromatic carbocycles. The number of benzene rings is 1. The second kappa shape index (κ2) is 6.14. The van der Waals surface area contributed by atoms with Crippen LogP contribution < -0.4 is 0 Å². The van der Waals surface area contributed by atoms with Gasteiger partial charge in [-0.05, 0) is 24.5 Å². The van der Waals surface area contributed by atoms with E-state index in [1.54, 1.807) is 12.4 Å². The van der Waals surface area contributed by atoms with Crippen LogP contribution in [0.4, 0.5) is 0 Å². The Labute approximate surface area is 103 Å². The number of nitrogens with zero attached hydrogens (tertiary/aromatic N) is 2. The standard InChI is InChI=1S/C15H18N2/c1-2-3-4-8-13-9-5-6-10-14(13)15-16-11-7-12-17-15/h5-7,9-12H,2-4,8H2,1H3. The van der Waals surface area contributed by atoms with Crippen LogP contribution in [0.15, 0.2) is 42.7 Å². The van der Waals surface area contributed by atoms with Crippen molar-refractivity contribution in [3.8, 4) is 11.4 Å². The van der Waals surface area contributed by atoms with Gasteiger partial charge in [-0.1, -0.05) is 44.0 Å². The summed E-state index contributed by atoms with van der Waals surface area (Å²) < 4.78 is 0. The number of rotatable bonds is 5. The van der Waals surface area contributed by atoms with Crippen LogP contribution in [0.25, 0.3) is 11.4 Å². The average molecular weight is 226 g/mol. The van der Waals surface area contributed by atoms with Crippen molar-refractivity contribution in [2.45, 2.75) is 32.6 Å². The van der Waals surface area contributed by atoms with Gasteiger partial charge in [0.15, 0.2) is 5.82 Å². The van der Waals surface area contributed by atoms with Gasteiger partial charge in [-0.3, -0.25) is 0 Å². The molecule has 0 N–H and O–H groups in total. The number of unbranched alkanes of at least 4 members (excludes halogenated alkanes) is 2. The Balaban J connectivity index is 2.22. The maximum atomic E-state index is 4.33. The molecule has 0 fully saturated rings. The summed E-state index contributed by atoms with van der Waals surface area (Å²) in [5.41, 5.74) is 2.52. The van der Waals surface area contributed by atoms with Crippen LogP contribution in [-0.2, 0) is 6.42 Å². The Bertz CT molecular complexity index is 451. The fourth-order valence-corrected chi connectivity index (χ4v) is 1.96. The van der Waals surface area contributed by atoms with Gasteiger partial charge in [-0.2, -0.15) is 0 Å². The molecule has 2 aromatic rings. The van der Waals surface area contributed by atoms with Crippen LogP contribution in [0.1, 0.15) is 31.7 Å². The lowest BCUT2D eigenvalue weighted by Gasteiger charge is -2.07. The second-order valence-electron chi connectivity index (χ2n) is 4.19. The summed E-state index contributed by atoms with van der Waals surface area (Å²) in [6, 6.07) is 10.3. The van der Waals surface area contributed by atoms with E-state index in [9.17, 15) is 0 Å². The van der Waals surface area contributed by atoms with Gasteiger partial charge >= 0.3 is 0 Å². The fraction of sp³-hybridized carbons (Fsp3) is 0.333. The van der Waals surface area contributed by atoms with E-state index in [4.69, 9.17) is 0 Å². The first-order valence-corrected chi connectivity index (χ1v) is 6.27. The normalized spacial score (nSPS) is 10.4. The molecule has 0 aliphatic heterocycles. The zero-order valence-corrected chi connectivity index (χ0v) is 10.3. The van der Waals surface area contributed by atoms with E-state index in [-0.39, 0.29) is 0 Å². The molecular weight excluding hydrogens is 208 g/mol. The van der Waals surface area contributed by atoms with E-state index in [0.29, 0.717) is 0 Å². The quantitative estimate of drug-likeness (QED) is 0.723. The van der Waals surface area contributed by atoms with Gasteiger partial charge in [0.25, 0.3) is 0 Å². The molecule has 2 heteroatoms. The molecule has 0 atom stereocenters. The van der Waals surface area contributed by atoms with Gasteiger partial charge in [0.05, 0.1) is 0 Å². The van der Waals surface area contributed by atoms with Crippen LogP contribution in [0.2, 0.25) is 0 Å². The second-order valence-corrected chi connectivity index (χ2v) is 4.19. The van der Waals surface area contributed by atoms with E-state index in [0.717, 1.165) is 12.2 Å². The molecule has 0 aliphatic rings. The molecule has 0 radical (unpaired) electrons. The molecule has 1 heterocycles. The average Bonchev–Trinajstić information content (AvgIpc) is 2.41.